The number of guanidine groups is 2. The van der Waals surface area contributed by atoms with Crippen LogP contribution in [0.15, 0.2) is 98.5 Å². The SMILES string of the molecule is C[C@@H](c1ccccc1)[C@@H]1NC(=O)CNC(=O)[C@H](CO)NC(=O)[C@@H]([C@@H](O)[C@@H]2CN=C(N)N2[C@H]2O[C@H](CO)[C@@H](O)[C@H](O)[C@@H]2O)NC(=O)[C@H]([C@H](O)[C@@H]2CN=C(N)N2)NC(=O)[C@@H](Cc2ccc3nc(SCc4ccccc4)oc3c2)NC1=O. The molecule has 8 rings (SSSR count). The molecule has 28 nitrogen and oxygen atoms in total. The Morgan fingerprint density at radius 3 is 2.04 bits per heavy atom. The Hall–Kier alpha value is -7.48. The summed E-state index contributed by atoms with van der Waals surface area (Å²) in [6.07, 6.45) is -13.5. The highest BCUT2D eigenvalue weighted by molar-refractivity contribution is 7.98. The van der Waals surface area contributed by atoms with Gasteiger partial charge < -0.3 is 98.5 Å². The Morgan fingerprint density at radius 2 is 1.35 bits per heavy atom. The molecule has 5 heterocycles. The van der Waals surface area contributed by atoms with Gasteiger partial charge in [-0.15, -0.1) is 0 Å². The zero-order valence-corrected chi connectivity index (χ0v) is 43.2. The molecule has 0 aliphatic carbocycles. The van der Waals surface area contributed by atoms with Crippen LogP contribution in [-0.4, -0.2) is 211 Å². The summed E-state index contributed by atoms with van der Waals surface area (Å²) in [5.41, 5.74) is 14.9. The van der Waals surface area contributed by atoms with Crippen molar-refractivity contribution in [1.82, 2.24) is 47.1 Å². The number of carbonyl (C=O) groups is 6. The van der Waals surface area contributed by atoms with E-state index in [0.717, 1.165) is 10.5 Å². The van der Waals surface area contributed by atoms with Gasteiger partial charge in [-0.25, -0.2) is 4.98 Å². The number of aliphatic imine (C=N–C) groups is 2. The molecular formula is C50H63N13O15S. The van der Waals surface area contributed by atoms with Crippen LogP contribution in [0.5, 0.6) is 0 Å². The van der Waals surface area contributed by atoms with Gasteiger partial charge >= 0.3 is 0 Å². The van der Waals surface area contributed by atoms with E-state index in [-0.39, 0.29) is 18.9 Å². The number of oxazole rings is 1. The summed E-state index contributed by atoms with van der Waals surface area (Å²) in [6.45, 7) is -1.89. The van der Waals surface area contributed by atoms with Crippen LogP contribution in [0.2, 0.25) is 0 Å². The van der Waals surface area contributed by atoms with Crippen LogP contribution < -0.4 is 48.7 Å². The van der Waals surface area contributed by atoms with Crippen molar-refractivity contribution in [2.45, 2.75) is 115 Å². The molecule has 4 aliphatic heterocycles. The number of hydrogen-bond acceptors (Lipinski definition) is 23. The van der Waals surface area contributed by atoms with Gasteiger partial charge in [0.05, 0.1) is 44.9 Å². The first kappa shape index (κ1) is 57.7. The van der Waals surface area contributed by atoms with Gasteiger partial charge in [0, 0.05) is 18.1 Å². The standard InChI is InChI=1S/C50H63N13O15S/c1-22(25-10-6-3-7-11-25)34-44(74)56-27(14-24-12-13-26-31(15-24)78-50(59-26)79-21-23-8-4-2-5-9-23)43(73)61-35(37(67)28-16-54-48(51)58-28)46(76)62-36(45(75)57-29(19-64)42(72)53-18-33(66)60-34)38(68)30-17-55-49(52)63(30)47-41(71)40(70)39(69)32(20-65)77-47/h2-13,15,22,27-30,32,34-41,47,64-65,67-71H,14,16-21H2,1H3,(H2,52,55)(H,53,72)(H,56,74)(H,57,75)(H,60,66)(H,61,73)(H,62,76)(H3,51,54,58)/t22-,27+,28-,29-,30-,32+,34-,35-,36+,37+,38-,39+,40-,41-,47-/m0/s1. The fourth-order valence-corrected chi connectivity index (χ4v) is 10.4. The van der Waals surface area contributed by atoms with Crippen molar-refractivity contribution in [3.8, 4) is 0 Å². The van der Waals surface area contributed by atoms with E-state index in [4.69, 9.17) is 20.6 Å². The molecule has 2 fully saturated rings. The number of thioether (sulfide) groups is 1. The Kier molecular flexibility index (Phi) is 18.7. The van der Waals surface area contributed by atoms with Crippen LogP contribution >= 0.6 is 11.8 Å². The van der Waals surface area contributed by atoms with Crippen LogP contribution in [0, 0.1) is 0 Å². The highest BCUT2D eigenvalue weighted by atomic mass is 32.2. The molecule has 0 bridgehead atoms. The maximum atomic E-state index is 15.0. The third-order valence-electron chi connectivity index (χ3n) is 14.0. The van der Waals surface area contributed by atoms with E-state index >= 15 is 4.79 Å². The first-order chi connectivity index (χ1) is 37.8. The van der Waals surface area contributed by atoms with Crippen LogP contribution in [0.25, 0.3) is 11.1 Å². The molecule has 0 unspecified atom stereocenters. The minimum Gasteiger partial charge on any atom is -0.431 e. The molecule has 3 aromatic carbocycles. The average molecular weight is 1120 g/mol. The number of nitrogens with one attached hydrogen (secondary N) is 7. The number of ether oxygens (including phenoxy) is 1. The third-order valence-corrected chi connectivity index (χ3v) is 14.9. The van der Waals surface area contributed by atoms with E-state index < -0.39 is 159 Å². The molecule has 0 radical (unpaired) electrons. The van der Waals surface area contributed by atoms with Crippen molar-refractivity contribution < 1.29 is 73.7 Å². The van der Waals surface area contributed by atoms with Gasteiger partial charge in [-0.05, 0) is 28.8 Å². The second kappa shape index (κ2) is 25.5. The number of nitrogens with two attached hydrogens (primary N) is 2. The number of aromatic nitrogens is 1. The molecule has 2 saturated heterocycles. The maximum Gasteiger partial charge on any atom is 0.257 e. The monoisotopic (exact) mass is 1120 g/mol. The predicted molar refractivity (Wildman–Crippen MR) is 280 cm³/mol. The Balaban J connectivity index is 1.16. The highest BCUT2D eigenvalue weighted by Gasteiger charge is 2.52. The molecular weight excluding hydrogens is 1050 g/mol. The number of hydrogen-bond donors (Lipinski definition) is 16. The topological polar surface area (TPSA) is 443 Å². The lowest BCUT2D eigenvalue weighted by molar-refractivity contribution is -0.260. The van der Waals surface area contributed by atoms with Crippen LogP contribution in [0.4, 0.5) is 0 Å². The van der Waals surface area contributed by atoms with E-state index in [2.05, 4.69) is 52.2 Å². The Labute approximate surface area is 454 Å². The van der Waals surface area contributed by atoms with Gasteiger partial charge in [-0.2, -0.15) is 0 Å². The predicted octanol–water partition coefficient (Wildman–Crippen LogP) is -6.18. The van der Waals surface area contributed by atoms with E-state index in [1.165, 1.54) is 11.8 Å². The molecule has 79 heavy (non-hydrogen) atoms. The largest absolute Gasteiger partial charge is 0.431 e. The van der Waals surface area contributed by atoms with E-state index in [1.54, 1.807) is 55.5 Å². The summed E-state index contributed by atoms with van der Waals surface area (Å²) >= 11 is 1.35. The number of nitrogens with zero attached hydrogens (tertiary/aromatic N) is 4. The second-order valence-corrected chi connectivity index (χ2v) is 20.3. The number of amides is 6. The summed E-state index contributed by atoms with van der Waals surface area (Å²) in [7, 11) is 0. The smallest absolute Gasteiger partial charge is 0.257 e. The average Bonchev–Trinajstić information content (AvgIpc) is 4.23. The summed E-state index contributed by atoms with van der Waals surface area (Å²) in [5, 5.41) is 94.7. The lowest BCUT2D eigenvalue weighted by atomic mass is 9.92. The Morgan fingerprint density at radius 1 is 0.696 bits per heavy atom. The van der Waals surface area contributed by atoms with Crippen molar-refractivity contribution >= 4 is 70.2 Å². The van der Waals surface area contributed by atoms with E-state index in [9.17, 15) is 59.7 Å². The summed E-state index contributed by atoms with van der Waals surface area (Å²) in [5.74, 6) is -7.60. The van der Waals surface area contributed by atoms with Crippen LogP contribution in [0.3, 0.4) is 0 Å². The molecule has 6 amide bonds. The lowest BCUT2D eigenvalue weighted by Crippen LogP contribution is -2.70. The van der Waals surface area contributed by atoms with Crippen LogP contribution in [-0.2, 0) is 45.7 Å². The van der Waals surface area contributed by atoms with E-state index in [0.29, 0.717) is 33.2 Å². The normalized spacial score (nSPS) is 29.7. The molecule has 0 saturated carbocycles. The maximum absolute atomic E-state index is 15.0. The molecule has 29 heteroatoms. The van der Waals surface area contributed by atoms with Crippen molar-refractivity contribution in [3.05, 3.63) is 95.6 Å². The molecule has 424 valence electrons. The number of aliphatic hydroxyl groups is 7. The third kappa shape index (κ3) is 13.3. The zero-order valence-electron chi connectivity index (χ0n) is 42.4. The minimum absolute atomic E-state index is 0.140. The number of benzene rings is 3. The lowest BCUT2D eigenvalue weighted by Gasteiger charge is -2.46. The quantitative estimate of drug-likeness (QED) is 0.0522. The molecule has 0 spiro atoms. The molecule has 4 aromatic rings. The number of fused-ring (bicyclic) bond motifs is 1. The van der Waals surface area contributed by atoms with Crippen molar-refractivity contribution in [2.24, 2.45) is 21.5 Å². The first-order valence-corrected chi connectivity index (χ1v) is 26.2. The van der Waals surface area contributed by atoms with Crippen molar-refractivity contribution in [1.29, 1.82) is 0 Å². The van der Waals surface area contributed by atoms with Gasteiger partial charge in [-0.1, -0.05) is 85.4 Å². The first-order valence-electron chi connectivity index (χ1n) is 25.2. The number of aliphatic hydroxyl groups excluding tert-OH is 7. The highest BCUT2D eigenvalue weighted by Crippen LogP contribution is 2.30. The summed E-state index contributed by atoms with van der Waals surface area (Å²) < 4.78 is 11.8. The van der Waals surface area contributed by atoms with E-state index in [1.807, 2.05) is 30.3 Å². The molecule has 15 atom stereocenters. The van der Waals surface area contributed by atoms with Gasteiger partial charge in [-0.3, -0.25) is 38.8 Å². The van der Waals surface area contributed by atoms with Crippen molar-refractivity contribution in [2.75, 3.05) is 32.8 Å². The second-order valence-electron chi connectivity index (χ2n) is 19.4. The fraction of sp³-hybridized carbons (Fsp3) is 0.460. The summed E-state index contributed by atoms with van der Waals surface area (Å²) in [4.78, 5) is 100. The molecule has 1 aromatic heterocycles. The fourth-order valence-electron chi connectivity index (χ4n) is 9.56. The Bertz CT molecular complexity index is 2900. The van der Waals surface area contributed by atoms with Gasteiger partial charge in [0.1, 0.15) is 72.3 Å². The number of rotatable bonds is 14. The van der Waals surface area contributed by atoms with Gasteiger partial charge in [0.2, 0.25) is 35.4 Å². The number of carbonyl (C=O) groups excluding carboxylic acids is 6. The zero-order chi connectivity index (χ0) is 56.7. The summed E-state index contributed by atoms with van der Waals surface area (Å²) in [6, 6.07) is 11.0. The minimum atomic E-state index is -2.26. The van der Waals surface area contributed by atoms with Crippen molar-refractivity contribution in [3.63, 3.8) is 0 Å². The van der Waals surface area contributed by atoms with Crippen LogP contribution in [0.1, 0.15) is 29.5 Å². The van der Waals surface area contributed by atoms with Gasteiger partial charge in [0.15, 0.2) is 23.7 Å². The molecule has 4 aliphatic rings. The van der Waals surface area contributed by atoms with Gasteiger partial charge in [0.25, 0.3) is 5.22 Å². The molecule has 18 N–H and O–H groups in total.